The van der Waals surface area contributed by atoms with E-state index in [1.54, 1.807) is 0 Å². The molecule has 1 unspecified atom stereocenters. The number of hydrogen-bond acceptors (Lipinski definition) is 1. The Labute approximate surface area is 94.0 Å². The van der Waals surface area contributed by atoms with Crippen LogP contribution in [0.15, 0.2) is 28.7 Å². The lowest BCUT2D eigenvalue weighted by Crippen LogP contribution is -2.16. The summed E-state index contributed by atoms with van der Waals surface area (Å²) in [6.45, 7) is 0. The molecule has 1 aromatic carbocycles. The van der Waals surface area contributed by atoms with Crippen LogP contribution < -0.4 is 5.32 Å². The van der Waals surface area contributed by atoms with Crippen LogP contribution in [0.3, 0.4) is 0 Å². The first-order chi connectivity index (χ1) is 6.79. The number of terminal acetylenes is 1. The van der Waals surface area contributed by atoms with Gasteiger partial charge in [0.25, 0.3) is 0 Å². The third kappa shape index (κ3) is 2.87. The predicted molar refractivity (Wildman–Crippen MR) is 64.0 cm³/mol. The van der Waals surface area contributed by atoms with Gasteiger partial charge in [0.05, 0.1) is 0 Å². The summed E-state index contributed by atoms with van der Waals surface area (Å²) >= 11 is 3.54. The molecule has 0 aliphatic rings. The lowest BCUT2D eigenvalue weighted by atomic mass is 10.0. The lowest BCUT2D eigenvalue weighted by molar-refractivity contribution is 0.556. The molecule has 1 nitrogen and oxygen atoms in total. The van der Waals surface area contributed by atoms with E-state index in [1.165, 1.54) is 5.56 Å². The van der Waals surface area contributed by atoms with E-state index in [0.717, 1.165) is 17.3 Å². The molecule has 0 fully saturated rings. The van der Waals surface area contributed by atoms with Gasteiger partial charge in [-0.1, -0.05) is 34.1 Å². The van der Waals surface area contributed by atoms with Crippen LogP contribution in [0.2, 0.25) is 0 Å². The number of hydrogen-bond donors (Lipinski definition) is 1. The fourth-order valence-corrected chi connectivity index (χ4v) is 2.00. The topological polar surface area (TPSA) is 12.0 Å². The minimum absolute atomic E-state index is 0.335. The second kappa shape index (κ2) is 5.85. The summed E-state index contributed by atoms with van der Waals surface area (Å²) in [6.07, 6.45) is 7.02. The third-order valence-corrected chi connectivity index (χ3v) is 2.93. The van der Waals surface area contributed by atoms with E-state index < -0.39 is 0 Å². The van der Waals surface area contributed by atoms with Crippen LogP contribution >= 0.6 is 15.9 Å². The van der Waals surface area contributed by atoms with Crippen LogP contribution in [0.25, 0.3) is 0 Å². The molecule has 0 spiro atoms. The number of benzene rings is 1. The van der Waals surface area contributed by atoms with Gasteiger partial charge < -0.3 is 5.32 Å². The molecular weight excluding hydrogens is 238 g/mol. The van der Waals surface area contributed by atoms with Crippen molar-refractivity contribution in [2.45, 2.75) is 18.9 Å². The molecule has 0 bridgehead atoms. The molecule has 0 aliphatic carbocycles. The molecule has 0 aromatic heterocycles. The summed E-state index contributed by atoms with van der Waals surface area (Å²) in [5.41, 5.74) is 1.27. The Hall–Kier alpha value is -0.780. The van der Waals surface area contributed by atoms with E-state index in [4.69, 9.17) is 6.42 Å². The Morgan fingerprint density at radius 1 is 1.50 bits per heavy atom. The monoisotopic (exact) mass is 251 g/mol. The summed E-state index contributed by atoms with van der Waals surface area (Å²) in [6, 6.07) is 8.56. The van der Waals surface area contributed by atoms with Crippen molar-refractivity contribution >= 4 is 15.9 Å². The summed E-state index contributed by atoms with van der Waals surface area (Å²) in [5, 5.41) is 3.27. The quantitative estimate of drug-likeness (QED) is 0.812. The Morgan fingerprint density at radius 2 is 2.21 bits per heavy atom. The summed E-state index contributed by atoms with van der Waals surface area (Å²) in [4.78, 5) is 0. The van der Waals surface area contributed by atoms with Crippen molar-refractivity contribution < 1.29 is 0 Å². The van der Waals surface area contributed by atoms with Crippen molar-refractivity contribution in [3.63, 3.8) is 0 Å². The highest BCUT2D eigenvalue weighted by molar-refractivity contribution is 9.10. The van der Waals surface area contributed by atoms with Crippen LogP contribution in [0.1, 0.15) is 24.4 Å². The highest BCUT2D eigenvalue weighted by atomic mass is 79.9. The Balaban J connectivity index is 2.79. The third-order valence-electron chi connectivity index (χ3n) is 2.21. The minimum Gasteiger partial charge on any atom is -0.313 e. The van der Waals surface area contributed by atoms with Gasteiger partial charge in [0, 0.05) is 16.9 Å². The second-order valence-electron chi connectivity index (χ2n) is 3.11. The van der Waals surface area contributed by atoms with Gasteiger partial charge in [-0.15, -0.1) is 12.3 Å². The summed E-state index contributed by atoms with van der Waals surface area (Å²) in [7, 11) is 1.96. The minimum atomic E-state index is 0.335. The fraction of sp³-hybridized carbons (Fsp3) is 0.333. The smallest absolute Gasteiger partial charge is 0.0337 e. The summed E-state index contributed by atoms with van der Waals surface area (Å²) < 4.78 is 1.14. The molecule has 1 atom stereocenters. The molecule has 0 saturated heterocycles. The van der Waals surface area contributed by atoms with Crippen LogP contribution in [0.5, 0.6) is 0 Å². The molecule has 2 heteroatoms. The average molecular weight is 252 g/mol. The van der Waals surface area contributed by atoms with Gasteiger partial charge >= 0.3 is 0 Å². The molecule has 0 aliphatic heterocycles. The molecule has 1 aromatic rings. The first-order valence-electron chi connectivity index (χ1n) is 4.64. The molecule has 0 radical (unpaired) electrons. The van der Waals surface area contributed by atoms with Gasteiger partial charge in [-0.05, 0) is 25.1 Å². The molecule has 0 amide bonds. The molecule has 0 saturated carbocycles. The van der Waals surface area contributed by atoms with Crippen molar-refractivity contribution in [2.24, 2.45) is 0 Å². The first-order valence-corrected chi connectivity index (χ1v) is 5.44. The van der Waals surface area contributed by atoms with Gasteiger partial charge in [-0.3, -0.25) is 0 Å². The van der Waals surface area contributed by atoms with E-state index >= 15 is 0 Å². The van der Waals surface area contributed by atoms with E-state index in [0.29, 0.717) is 6.04 Å². The zero-order valence-corrected chi connectivity index (χ0v) is 9.84. The van der Waals surface area contributed by atoms with Crippen molar-refractivity contribution in [2.75, 3.05) is 7.05 Å². The highest BCUT2D eigenvalue weighted by Gasteiger charge is 2.10. The van der Waals surface area contributed by atoms with Gasteiger partial charge in [0.15, 0.2) is 0 Å². The van der Waals surface area contributed by atoms with E-state index in [9.17, 15) is 0 Å². The van der Waals surface area contributed by atoms with E-state index in [2.05, 4.69) is 39.3 Å². The predicted octanol–water partition coefficient (Wildman–Crippen LogP) is 3.12. The standard InChI is InChI=1S/C12H14BrN/c1-3-4-9-12(14-2)10-7-5-6-8-11(10)13/h1,5-8,12,14H,4,9H2,2H3. The second-order valence-corrected chi connectivity index (χ2v) is 3.96. The Kier molecular flexibility index (Phi) is 4.72. The fourth-order valence-electron chi connectivity index (χ4n) is 1.44. The first kappa shape index (κ1) is 11.3. The SMILES string of the molecule is C#CCCC(NC)c1ccccc1Br. The number of rotatable bonds is 4. The number of nitrogens with one attached hydrogen (secondary N) is 1. The van der Waals surface area contributed by atoms with Gasteiger partial charge in [0.1, 0.15) is 0 Å². The van der Waals surface area contributed by atoms with Gasteiger partial charge in [0.2, 0.25) is 0 Å². The highest BCUT2D eigenvalue weighted by Crippen LogP contribution is 2.25. The van der Waals surface area contributed by atoms with Crippen molar-refractivity contribution in [1.29, 1.82) is 0 Å². The maximum atomic E-state index is 5.26. The Bertz CT molecular complexity index is 327. The molecule has 1 rings (SSSR count). The van der Waals surface area contributed by atoms with Crippen LogP contribution in [-0.2, 0) is 0 Å². The zero-order chi connectivity index (χ0) is 10.4. The number of halogens is 1. The maximum Gasteiger partial charge on any atom is 0.0337 e. The van der Waals surface area contributed by atoms with Crippen LogP contribution in [-0.4, -0.2) is 7.05 Å². The molecule has 74 valence electrons. The molecule has 0 heterocycles. The largest absolute Gasteiger partial charge is 0.313 e. The van der Waals surface area contributed by atoms with Gasteiger partial charge in [-0.2, -0.15) is 0 Å². The maximum absolute atomic E-state index is 5.26. The lowest BCUT2D eigenvalue weighted by Gasteiger charge is -2.16. The van der Waals surface area contributed by atoms with Crippen molar-refractivity contribution in [3.05, 3.63) is 34.3 Å². The van der Waals surface area contributed by atoms with Crippen molar-refractivity contribution in [1.82, 2.24) is 5.32 Å². The van der Waals surface area contributed by atoms with E-state index in [1.807, 2.05) is 19.2 Å². The molecular formula is C12H14BrN. The molecule has 14 heavy (non-hydrogen) atoms. The van der Waals surface area contributed by atoms with E-state index in [-0.39, 0.29) is 0 Å². The average Bonchev–Trinajstić information content (AvgIpc) is 2.21. The van der Waals surface area contributed by atoms with Gasteiger partial charge in [-0.25, -0.2) is 0 Å². The summed E-state index contributed by atoms with van der Waals surface area (Å²) in [5.74, 6) is 2.67. The van der Waals surface area contributed by atoms with Crippen LogP contribution in [0.4, 0.5) is 0 Å². The zero-order valence-electron chi connectivity index (χ0n) is 8.26. The normalized spacial score (nSPS) is 12.1. The Morgan fingerprint density at radius 3 is 2.79 bits per heavy atom. The molecule has 1 N–H and O–H groups in total. The van der Waals surface area contributed by atoms with Crippen LogP contribution in [0, 0.1) is 12.3 Å². The van der Waals surface area contributed by atoms with Crippen molar-refractivity contribution in [3.8, 4) is 12.3 Å².